The molecule has 0 saturated heterocycles. The van der Waals surface area contributed by atoms with Gasteiger partial charge in [0.1, 0.15) is 0 Å². The van der Waals surface area contributed by atoms with E-state index >= 15 is 0 Å². The van der Waals surface area contributed by atoms with Crippen molar-refractivity contribution in [2.75, 3.05) is 23.8 Å². The molecule has 0 atom stereocenters. The van der Waals surface area contributed by atoms with Crippen LogP contribution in [-0.4, -0.2) is 19.5 Å². The molecule has 0 spiro atoms. The van der Waals surface area contributed by atoms with E-state index in [2.05, 4.69) is 29.4 Å². The lowest BCUT2D eigenvalue weighted by Gasteiger charge is -2.21. The molecule has 1 aromatic carbocycles. The molecular formula is C16H22N2O. The van der Waals surface area contributed by atoms with Crippen LogP contribution in [0, 0.1) is 5.92 Å². The number of nitrogens with zero attached hydrogens (tertiary/aromatic N) is 1. The van der Waals surface area contributed by atoms with Gasteiger partial charge in [0.05, 0.1) is 0 Å². The molecule has 1 aliphatic carbocycles. The van der Waals surface area contributed by atoms with E-state index in [4.69, 9.17) is 0 Å². The van der Waals surface area contributed by atoms with Gasteiger partial charge in [-0.25, -0.2) is 0 Å². The summed E-state index contributed by atoms with van der Waals surface area (Å²) in [5, 5.41) is 3.10. The molecule has 1 amide bonds. The van der Waals surface area contributed by atoms with Crippen molar-refractivity contribution in [2.24, 2.45) is 5.92 Å². The van der Waals surface area contributed by atoms with Crippen molar-refractivity contribution >= 4 is 17.3 Å². The molecular weight excluding hydrogens is 236 g/mol. The van der Waals surface area contributed by atoms with E-state index in [1.807, 2.05) is 6.07 Å². The van der Waals surface area contributed by atoms with Crippen molar-refractivity contribution in [3.8, 4) is 0 Å². The molecule has 1 N–H and O–H groups in total. The van der Waals surface area contributed by atoms with Gasteiger partial charge in [-0.1, -0.05) is 25.3 Å². The fourth-order valence-electron chi connectivity index (χ4n) is 3.23. The Bertz CT molecular complexity index is 478. The molecule has 3 heteroatoms. The maximum Gasteiger partial charge on any atom is 0.227 e. The Hall–Kier alpha value is -1.51. The van der Waals surface area contributed by atoms with Crippen LogP contribution in [0.5, 0.6) is 0 Å². The number of fused-ring (bicyclic) bond motifs is 1. The van der Waals surface area contributed by atoms with Crippen molar-refractivity contribution in [2.45, 2.75) is 38.5 Å². The third-order valence-electron chi connectivity index (χ3n) is 4.46. The fraction of sp³-hybridized carbons (Fsp3) is 0.562. The Morgan fingerprint density at radius 2 is 2.05 bits per heavy atom. The number of amides is 1. The van der Waals surface area contributed by atoms with Crippen LogP contribution in [0.15, 0.2) is 18.2 Å². The van der Waals surface area contributed by atoms with Crippen molar-refractivity contribution in [3.05, 3.63) is 23.8 Å². The first-order chi connectivity index (χ1) is 9.24. The van der Waals surface area contributed by atoms with E-state index in [9.17, 15) is 4.79 Å². The number of nitrogens with one attached hydrogen (secondary N) is 1. The number of rotatable bonds is 2. The lowest BCUT2D eigenvalue weighted by Crippen LogP contribution is -2.24. The highest BCUT2D eigenvalue weighted by Crippen LogP contribution is 2.30. The molecule has 1 saturated carbocycles. The number of carbonyl (C=O) groups is 1. The third kappa shape index (κ3) is 2.60. The summed E-state index contributed by atoms with van der Waals surface area (Å²) in [5.74, 6) is 0.431. The normalized spacial score (nSPS) is 19.3. The predicted octanol–water partition coefficient (Wildman–Crippen LogP) is 3.20. The molecule has 1 fully saturated rings. The van der Waals surface area contributed by atoms with Crippen molar-refractivity contribution in [1.29, 1.82) is 0 Å². The van der Waals surface area contributed by atoms with Crippen LogP contribution >= 0.6 is 0 Å². The van der Waals surface area contributed by atoms with Gasteiger partial charge >= 0.3 is 0 Å². The van der Waals surface area contributed by atoms with Gasteiger partial charge in [0.15, 0.2) is 0 Å². The summed E-state index contributed by atoms with van der Waals surface area (Å²) in [4.78, 5) is 14.5. The summed E-state index contributed by atoms with van der Waals surface area (Å²) >= 11 is 0. The molecule has 0 aromatic heterocycles. The highest BCUT2D eigenvalue weighted by Gasteiger charge is 2.22. The minimum absolute atomic E-state index is 0.209. The molecule has 1 aromatic rings. The van der Waals surface area contributed by atoms with Crippen LogP contribution in [0.25, 0.3) is 0 Å². The van der Waals surface area contributed by atoms with Crippen LogP contribution in [-0.2, 0) is 11.2 Å². The van der Waals surface area contributed by atoms with E-state index in [0.29, 0.717) is 0 Å². The molecule has 0 radical (unpaired) electrons. The Labute approximate surface area is 115 Å². The van der Waals surface area contributed by atoms with E-state index in [0.717, 1.165) is 31.5 Å². The third-order valence-corrected chi connectivity index (χ3v) is 4.46. The lowest BCUT2D eigenvalue weighted by atomic mass is 9.88. The first-order valence-corrected chi connectivity index (χ1v) is 7.39. The maximum atomic E-state index is 12.2. The van der Waals surface area contributed by atoms with Crippen LogP contribution in [0.1, 0.15) is 37.7 Å². The van der Waals surface area contributed by atoms with Gasteiger partial charge in [-0.3, -0.25) is 4.79 Å². The Morgan fingerprint density at radius 3 is 2.84 bits per heavy atom. The van der Waals surface area contributed by atoms with Gasteiger partial charge in [0, 0.05) is 30.9 Å². The van der Waals surface area contributed by atoms with Crippen molar-refractivity contribution < 1.29 is 4.79 Å². The van der Waals surface area contributed by atoms with Crippen LogP contribution in [0.4, 0.5) is 11.4 Å². The first-order valence-electron chi connectivity index (χ1n) is 7.39. The molecule has 3 nitrogen and oxygen atoms in total. The first kappa shape index (κ1) is 12.5. The summed E-state index contributed by atoms with van der Waals surface area (Å²) in [6.07, 6.45) is 6.90. The quantitative estimate of drug-likeness (QED) is 0.883. The van der Waals surface area contributed by atoms with Gasteiger partial charge in [-0.15, -0.1) is 0 Å². The topological polar surface area (TPSA) is 32.3 Å². The van der Waals surface area contributed by atoms with Gasteiger partial charge in [-0.05, 0) is 37.0 Å². The van der Waals surface area contributed by atoms with Crippen molar-refractivity contribution in [3.63, 3.8) is 0 Å². The number of hydrogen-bond donors (Lipinski definition) is 1. The Morgan fingerprint density at radius 1 is 1.26 bits per heavy atom. The largest absolute Gasteiger partial charge is 0.374 e. The van der Waals surface area contributed by atoms with Gasteiger partial charge in [0.2, 0.25) is 5.91 Å². The maximum absolute atomic E-state index is 12.2. The Kier molecular flexibility index (Phi) is 3.45. The smallest absolute Gasteiger partial charge is 0.227 e. The molecule has 0 unspecified atom stereocenters. The van der Waals surface area contributed by atoms with E-state index in [-0.39, 0.29) is 11.8 Å². The molecule has 0 bridgehead atoms. The summed E-state index contributed by atoms with van der Waals surface area (Å²) in [6.45, 7) is 1.08. The van der Waals surface area contributed by atoms with Gasteiger partial charge < -0.3 is 10.2 Å². The number of hydrogen-bond acceptors (Lipinski definition) is 2. The average Bonchev–Trinajstić information content (AvgIpc) is 2.81. The standard InChI is InChI=1S/C16H22N2O/c1-18-10-9-12-7-8-14(11-15(12)18)17-16(19)13-5-3-2-4-6-13/h7-8,11,13H,2-6,9-10H2,1H3,(H,17,19). The van der Waals surface area contributed by atoms with Crippen molar-refractivity contribution in [1.82, 2.24) is 0 Å². The molecule has 102 valence electrons. The fourth-order valence-corrected chi connectivity index (χ4v) is 3.23. The number of benzene rings is 1. The zero-order valence-electron chi connectivity index (χ0n) is 11.6. The minimum atomic E-state index is 0.209. The molecule has 2 aliphatic rings. The second-order valence-electron chi connectivity index (χ2n) is 5.84. The zero-order valence-corrected chi connectivity index (χ0v) is 11.6. The lowest BCUT2D eigenvalue weighted by molar-refractivity contribution is -0.120. The number of likely N-dealkylation sites (N-methyl/N-ethyl adjacent to an activating group) is 1. The van der Waals surface area contributed by atoms with E-state index < -0.39 is 0 Å². The molecule has 1 aliphatic heterocycles. The summed E-state index contributed by atoms with van der Waals surface area (Å²) in [5.41, 5.74) is 3.60. The highest BCUT2D eigenvalue weighted by atomic mass is 16.1. The SMILES string of the molecule is CN1CCc2ccc(NC(=O)C3CCCCC3)cc21. The highest BCUT2D eigenvalue weighted by molar-refractivity contribution is 5.93. The van der Waals surface area contributed by atoms with Gasteiger partial charge in [0.25, 0.3) is 0 Å². The molecule has 1 heterocycles. The molecule has 19 heavy (non-hydrogen) atoms. The second kappa shape index (κ2) is 5.24. The summed E-state index contributed by atoms with van der Waals surface area (Å²) in [6, 6.07) is 6.30. The van der Waals surface area contributed by atoms with Crippen LogP contribution < -0.4 is 10.2 Å². The number of anilines is 2. The number of carbonyl (C=O) groups excluding carboxylic acids is 1. The van der Waals surface area contributed by atoms with E-state index in [1.165, 1.54) is 30.5 Å². The van der Waals surface area contributed by atoms with Crippen LogP contribution in [0.3, 0.4) is 0 Å². The minimum Gasteiger partial charge on any atom is -0.374 e. The molecule has 3 rings (SSSR count). The van der Waals surface area contributed by atoms with E-state index in [1.54, 1.807) is 0 Å². The zero-order chi connectivity index (χ0) is 13.2. The monoisotopic (exact) mass is 258 g/mol. The summed E-state index contributed by atoms with van der Waals surface area (Å²) < 4.78 is 0. The van der Waals surface area contributed by atoms with Gasteiger partial charge in [-0.2, -0.15) is 0 Å². The average molecular weight is 258 g/mol. The predicted molar refractivity (Wildman–Crippen MR) is 78.6 cm³/mol. The Balaban J connectivity index is 1.69. The summed E-state index contributed by atoms with van der Waals surface area (Å²) in [7, 11) is 2.11. The second-order valence-corrected chi connectivity index (χ2v) is 5.84. The van der Waals surface area contributed by atoms with Crippen LogP contribution in [0.2, 0.25) is 0 Å².